The molecule has 0 spiro atoms. The molecule has 0 unspecified atom stereocenters. The molecule has 92 valence electrons. The molecule has 1 heterocycles. The third-order valence-electron chi connectivity index (χ3n) is 2.71. The molecule has 0 aliphatic heterocycles. The maximum Gasteiger partial charge on any atom is 0.0534 e. The van der Waals surface area contributed by atoms with Crippen LogP contribution >= 0.6 is 15.9 Å². The zero-order valence-electron chi connectivity index (χ0n) is 10.5. The van der Waals surface area contributed by atoms with E-state index in [2.05, 4.69) is 52.9 Å². The van der Waals surface area contributed by atoms with Gasteiger partial charge in [0, 0.05) is 36.2 Å². The van der Waals surface area contributed by atoms with Gasteiger partial charge in [-0.1, -0.05) is 15.9 Å². The summed E-state index contributed by atoms with van der Waals surface area (Å²) in [6.07, 6.45) is 5.32. The van der Waals surface area contributed by atoms with E-state index in [0.717, 1.165) is 25.0 Å². The van der Waals surface area contributed by atoms with Crippen molar-refractivity contribution in [1.29, 1.82) is 0 Å². The lowest BCUT2D eigenvalue weighted by atomic mass is 10.2. The predicted octanol–water partition coefficient (Wildman–Crippen LogP) is 2.90. The first kappa shape index (κ1) is 13.7. The molecule has 0 aliphatic carbocycles. The fraction of sp³-hybridized carbons (Fsp3) is 0.750. The molecule has 0 N–H and O–H groups in total. The van der Waals surface area contributed by atoms with Crippen LogP contribution in [0.15, 0.2) is 12.4 Å². The fourth-order valence-corrected chi connectivity index (χ4v) is 1.93. The minimum atomic E-state index is 0.587. The lowest BCUT2D eigenvalue weighted by Crippen LogP contribution is -2.31. The van der Waals surface area contributed by atoms with Crippen LogP contribution < -0.4 is 0 Å². The van der Waals surface area contributed by atoms with Crippen molar-refractivity contribution >= 4 is 15.9 Å². The highest BCUT2D eigenvalue weighted by atomic mass is 79.9. The molecule has 0 atom stereocenters. The first-order valence-electron chi connectivity index (χ1n) is 5.98. The van der Waals surface area contributed by atoms with Gasteiger partial charge in [0.1, 0.15) is 0 Å². The van der Waals surface area contributed by atoms with Gasteiger partial charge >= 0.3 is 0 Å². The zero-order chi connectivity index (χ0) is 12.0. The van der Waals surface area contributed by atoms with Crippen LogP contribution in [0.2, 0.25) is 0 Å². The standard InChI is InChI=1S/C12H22BrN3/c1-4-16-10-12(8-14-16)9-15(11(2)3)7-5-6-13/h8,10-11H,4-7,9H2,1-3H3. The largest absolute Gasteiger partial charge is 0.297 e. The van der Waals surface area contributed by atoms with Gasteiger partial charge in [-0.3, -0.25) is 9.58 Å². The summed E-state index contributed by atoms with van der Waals surface area (Å²) in [7, 11) is 0. The number of aryl methyl sites for hydroxylation is 1. The van der Waals surface area contributed by atoms with Gasteiger partial charge in [0.25, 0.3) is 0 Å². The summed E-state index contributed by atoms with van der Waals surface area (Å²) in [5, 5.41) is 5.38. The second-order valence-electron chi connectivity index (χ2n) is 4.31. The molecule has 1 rings (SSSR count). The summed E-state index contributed by atoms with van der Waals surface area (Å²) in [5.74, 6) is 0. The van der Waals surface area contributed by atoms with Crippen molar-refractivity contribution in [3.63, 3.8) is 0 Å². The van der Waals surface area contributed by atoms with Gasteiger partial charge in [-0.2, -0.15) is 5.10 Å². The van der Waals surface area contributed by atoms with Gasteiger partial charge in [-0.05, 0) is 33.7 Å². The summed E-state index contributed by atoms with van der Waals surface area (Å²) in [5.41, 5.74) is 1.31. The monoisotopic (exact) mass is 287 g/mol. The van der Waals surface area contributed by atoms with E-state index in [1.54, 1.807) is 0 Å². The van der Waals surface area contributed by atoms with Crippen LogP contribution in [0.3, 0.4) is 0 Å². The highest BCUT2D eigenvalue weighted by molar-refractivity contribution is 9.09. The number of aromatic nitrogens is 2. The van der Waals surface area contributed by atoms with Crippen molar-refractivity contribution in [3.05, 3.63) is 18.0 Å². The first-order chi connectivity index (χ1) is 7.67. The summed E-state index contributed by atoms with van der Waals surface area (Å²) in [4.78, 5) is 2.48. The van der Waals surface area contributed by atoms with Crippen LogP contribution in [0.1, 0.15) is 32.8 Å². The quantitative estimate of drug-likeness (QED) is 0.719. The Morgan fingerprint density at radius 2 is 2.25 bits per heavy atom. The van der Waals surface area contributed by atoms with Gasteiger partial charge in [0.15, 0.2) is 0 Å². The normalized spacial score (nSPS) is 11.6. The molecule has 3 nitrogen and oxygen atoms in total. The summed E-state index contributed by atoms with van der Waals surface area (Å²) < 4.78 is 1.98. The Bertz CT molecular complexity index is 296. The van der Waals surface area contributed by atoms with Gasteiger partial charge in [0.05, 0.1) is 6.20 Å². The Hall–Kier alpha value is -0.350. The zero-order valence-corrected chi connectivity index (χ0v) is 12.1. The van der Waals surface area contributed by atoms with E-state index < -0.39 is 0 Å². The van der Waals surface area contributed by atoms with Crippen molar-refractivity contribution < 1.29 is 0 Å². The van der Waals surface area contributed by atoms with E-state index in [0.29, 0.717) is 6.04 Å². The Morgan fingerprint density at radius 1 is 1.50 bits per heavy atom. The SMILES string of the molecule is CCn1cc(CN(CCCBr)C(C)C)cn1. The molecule has 0 bridgehead atoms. The van der Waals surface area contributed by atoms with Crippen LogP contribution in [0, 0.1) is 0 Å². The molecule has 1 aromatic heterocycles. The third kappa shape index (κ3) is 4.26. The van der Waals surface area contributed by atoms with Crippen molar-refractivity contribution in [2.75, 3.05) is 11.9 Å². The lowest BCUT2D eigenvalue weighted by molar-refractivity contribution is 0.214. The van der Waals surface area contributed by atoms with Gasteiger partial charge in [-0.25, -0.2) is 0 Å². The summed E-state index contributed by atoms with van der Waals surface area (Å²) in [6, 6.07) is 0.587. The van der Waals surface area contributed by atoms with Crippen LogP contribution in [0.25, 0.3) is 0 Å². The number of rotatable bonds is 7. The average molecular weight is 288 g/mol. The average Bonchev–Trinajstić information content (AvgIpc) is 2.71. The molecular weight excluding hydrogens is 266 g/mol. The highest BCUT2D eigenvalue weighted by Gasteiger charge is 2.10. The van der Waals surface area contributed by atoms with E-state index >= 15 is 0 Å². The molecule has 16 heavy (non-hydrogen) atoms. The Kier molecular flexibility index (Phi) is 6.06. The van der Waals surface area contributed by atoms with Crippen LogP contribution in [0.4, 0.5) is 0 Å². The Labute approximate surface area is 107 Å². The first-order valence-corrected chi connectivity index (χ1v) is 7.10. The van der Waals surface area contributed by atoms with E-state index in [9.17, 15) is 0 Å². The predicted molar refractivity (Wildman–Crippen MR) is 71.9 cm³/mol. The topological polar surface area (TPSA) is 21.1 Å². The van der Waals surface area contributed by atoms with Crippen molar-refractivity contribution in [2.24, 2.45) is 0 Å². The molecule has 0 amide bonds. The second kappa shape index (κ2) is 7.07. The van der Waals surface area contributed by atoms with Gasteiger partial charge in [-0.15, -0.1) is 0 Å². The molecule has 0 saturated carbocycles. The summed E-state index contributed by atoms with van der Waals surface area (Å²) in [6.45, 7) is 9.70. The number of hydrogen-bond acceptors (Lipinski definition) is 2. The minimum Gasteiger partial charge on any atom is -0.297 e. The number of halogens is 1. The van der Waals surface area contributed by atoms with Crippen molar-refractivity contribution in [2.45, 2.75) is 46.3 Å². The maximum absolute atomic E-state index is 4.31. The number of alkyl halides is 1. The number of nitrogens with zero attached hydrogens (tertiary/aromatic N) is 3. The van der Waals surface area contributed by atoms with Crippen LogP contribution in [-0.4, -0.2) is 32.6 Å². The van der Waals surface area contributed by atoms with Crippen molar-refractivity contribution in [3.8, 4) is 0 Å². The fourth-order valence-electron chi connectivity index (χ4n) is 1.68. The van der Waals surface area contributed by atoms with E-state index in [1.165, 1.54) is 12.0 Å². The molecule has 0 aromatic carbocycles. The van der Waals surface area contributed by atoms with Crippen molar-refractivity contribution in [1.82, 2.24) is 14.7 Å². The molecule has 4 heteroatoms. The second-order valence-corrected chi connectivity index (χ2v) is 5.10. The number of hydrogen-bond donors (Lipinski definition) is 0. The van der Waals surface area contributed by atoms with E-state index in [1.807, 2.05) is 10.9 Å². The molecule has 0 saturated heterocycles. The highest BCUT2D eigenvalue weighted by Crippen LogP contribution is 2.08. The molecular formula is C12H22BrN3. The maximum atomic E-state index is 4.31. The Balaban J connectivity index is 2.53. The van der Waals surface area contributed by atoms with Crippen LogP contribution in [0.5, 0.6) is 0 Å². The molecule has 1 aromatic rings. The van der Waals surface area contributed by atoms with Gasteiger partial charge < -0.3 is 0 Å². The minimum absolute atomic E-state index is 0.587. The van der Waals surface area contributed by atoms with E-state index in [4.69, 9.17) is 0 Å². The summed E-state index contributed by atoms with van der Waals surface area (Å²) >= 11 is 3.48. The molecule has 0 aliphatic rings. The molecule has 0 radical (unpaired) electrons. The molecule has 0 fully saturated rings. The van der Waals surface area contributed by atoms with Gasteiger partial charge in [0.2, 0.25) is 0 Å². The van der Waals surface area contributed by atoms with Crippen LogP contribution in [-0.2, 0) is 13.1 Å². The third-order valence-corrected chi connectivity index (χ3v) is 3.27. The lowest BCUT2D eigenvalue weighted by Gasteiger charge is -2.25. The Morgan fingerprint density at radius 3 is 2.75 bits per heavy atom. The smallest absolute Gasteiger partial charge is 0.0534 e. The van der Waals surface area contributed by atoms with E-state index in [-0.39, 0.29) is 0 Å².